The average molecular weight is 241 g/mol. The molecule has 1 N–H and O–H groups in total. The van der Waals surface area contributed by atoms with Gasteiger partial charge in [-0.05, 0) is 44.6 Å². The van der Waals surface area contributed by atoms with Crippen LogP contribution in [0.5, 0.6) is 0 Å². The third-order valence-electron chi connectivity index (χ3n) is 4.25. The summed E-state index contributed by atoms with van der Waals surface area (Å²) in [7, 11) is 2.11. The van der Waals surface area contributed by atoms with Crippen LogP contribution in [-0.2, 0) is 0 Å². The molecule has 1 fully saturated rings. The van der Waals surface area contributed by atoms with E-state index in [9.17, 15) is 5.11 Å². The van der Waals surface area contributed by atoms with Crippen molar-refractivity contribution < 1.29 is 5.11 Å². The van der Waals surface area contributed by atoms with Crippen LogP contribution in [0.4, 0.5) is 0 Å². The highest BCUT2D eigenvalue weighted by Gasteiger charge is 2.29. The second-order valence-electron chi connectivity index (χ2n) is 6.15. The van der Waals surface area contributed by atoms with Crippen LogP contribution >= 0.6 is 0 Å². The van der Waals surface area contributed by atoms with Crippen LogP contribution in [0.15, 0.2) is 0 Å². The Morgan fingerprint density at radius 3 is 2.41 bits per heavy atom. The summed E-state index contributed by atoms with van der Waals surface area (Å²) in [6.07, 6.45) is 8.60. The largest absolute Gasteiger partial charge is 0.378 e. The van der Waals surface area contributed by atoms with Gasteiger partial charge in [0.15, 0.2) is 0 Å². The molecule has 1 aliphatic rings. The first kappa shape index (κ1) is 15.0. The Labute approximate surface area is 107 Å². The lowest BCUT2D eigenvalue weighted by molar-refractivity contribution is -0.0291. The normalized spacial score (nSPS) is 28.4. The minimum absolute atomic E-state index is 0.257. The summed E-state index contributed by atoms with van der Waals surface area (Å²) in [5, 5.41) is 10.0. The van der Waals surface area contributed by atoms with Gasteiger partial charge in [-0.25, -0.2) is 0 Å². The van der Waals surface area contributed by atoms with Crippen molar-refractivity contribution in [1.29, 1.82) is 0 Å². The standard InChI is InChI=1S/C15H31NO/c1-5-15(17)16(4)14-10-8-6-7-9-13(14)11-12(2)3/h12-15,17H,5-11H2,1-4H3. The van der Waals surface area contributed by atoms with E-state index >= 15 is 0 Å². The highest BCUT2D eigenvalue weighted by atomic mass is 16.3. The van der Waals surface area contributed by atoms with Crippen LogP contribution in [0.1, 0.15) is 65.7 Å². The van der Waals surface area contributed by atoms with Crippen molar-refractivity contribution in [3.8, 4) is 0 Å². The first-order chi connectivity index (χ1) is 8.06. The van der Waals surface area contributed by atoms with Gasteiger partial charge >= 0.3 is 0 Å². The van der Waals surface area contributed by atoms with Crippen LogP contribution in [-0.4, -0.2) is 29.3 Å². The SMILES string of the molecule is CCC(O)N(C)C1CCCCCC1CC(C)C. The van der Waals surface area contributed by atoms with E-state index in [1.165, 1.54) is 38.5 Å². The van der Waals surface area contributed by atoms with Crippen molar-refractivity contribution in [3.63, 3.8) is 0 Å². The van der Waals surface area contributed by atoms with Crippen LogP contribution in [0.3, 0.4) is 0 Å². The highest BCUT2D eigenvalue weighted by Crippen LogP contribution is 2.32. The summed E-state index contributed by atoms with van der Waals surface area (Å²) >= 11 is 0. The summed E-state index contributed by atoms with van der Waals surface area (Å²) in [4.78, 5) is 2.23. The molecule has 0 aromatic rings. The Hall–Kier alpha value is -0.0800. The van der Waals surface area contributed by atoms with Crippen molar-refractivity contribution >= 4 is 0 Å². The number of aliphatic hydroxyl groups is 1. The van der Waals surface area contributed by atoms with Crippen molar-refractivity contribution in [3.05, 3.63) is 0 Å². The molecular formula is C15H31NO. The topological polar surface area (TPSA) is 23.5 Å². The van der Waals surface area contributed by atoms with Crippen molar-refractivity contribution in [2.24, 2.45) is 11.8 Å². The highest BCUT2D eigenvalue weighted by molar-refractivity contribution is 4.82. The quantitative estimate of drug-likeness (QED) is 0.587. The molecular weight excluding hydrogens is 210 g/mol. The first-order valence-corrected chi connectivity index (χ1v) is 7.46. The Morgan fingerprint density at radius 1 is 1.18 bits per heavy atom. The molecule has 0 radical (unpaired) electrons. The first-order valence-electron chi connectivity index (χ1n) is 7.46. The smallest absolute Gasteiger partial charge is 0.107 e. The molecule has 1 saturated carbocycles. The van der Waals surface area contributed by atoms with E-state index in [2.05, 4.69) is 32.7 Å². The zero-order valence-electron chi connectivity index (χ0n) is 12.2. The van der Waals surface area contributed by atoms with E-state index < -0.39 is 0 Å². The second kappa shape index (κ2) is 7.38. The number of hydrogen-bond donors (Lipinski definition) is 1. The zero-order valence-corrected chi connectivity index (χ0v) is 12.2. The van der Waals surface area contributed by atoms with E-state index in [0.717, 1.165) is 18.3 Å². The molecule has 0 bridgehead atoms. The molecule has 0 heterocycles. The van der Waals surface area contributed by atoms with Gasteiger partial charge in [0.05, 0.1) is 0 Å². The van der Waals surface area contributed by atoms with Crippen LogP contribution in [0.25, 0.3) is 0 Å². The van der Waals surface area contributed by atoms with E-state index in [-0.39, 0.29) is 6.23 Å². The van der Waals surface area contributed by atoms with Gasteiger partial charge in [-0.15, -0.1) is 0 Å². The summed E-state index contributed by atoms with van der Waals surface area (Å²) in [5.41, 5.74) is 0. The third kappa shape index (κ3) is 4.59. The van der Waals surface area contributed by atoms with E-state index in [1.807, 2.05) is 0 Å². The Bertz CT molecular complexity index is 205. The molecule has 1 rings (SSSR count). The maximum atomic E-state index is 10.0. The summed E-state index contributed by atoms with van der Waals surface area (Å²) < 4.78 is 0. The van der Waals surface area contributed by atoms with Gasteiger partial charge < -0.3 is 5.11 Å². The molecule has 0 amide bonds. The molecule has 0 aliphatic heterocycles. The Balaban J connectivity index is 2.66. The number of aliphatic hydroxyl groups excluding tert-OH is 1. The molecule has 2 nitrogen and oxygen atoms in total. The summed E-state index contributed by atoms with van der Waals surface area (Å²) in [6, 6.07) is 0.592. The van der Waals surface area contributed by atoms with Crippen LogP contribution < -0.4 is 0 Å². The lowest BCUT2D eigenvalue weighted by atomic mass is 9.86. The fourth-order valence-electron chi connectivity index (χ4n) is 3.29. The van der Waals surface area contributed by atoms with Crippen LogP contribution in [0, 0.1) is 11.8 Å². The molecule has 3 unspecified atom stereocenters. The van der Waals surface area contributed by atoms with Gasteiger partial charge in [0.25, 0.3) is 0 Å². The maximum absolute atomic E-state index is 10.0. The predicted molar refractivity (Wildman–Crippen MR) is 73.9 cm³/mol. The molecule has 2 heteroatoms. The predicted octanol–water partition coefficient (Wildman–Crippen LogP) is 3.64. The number of hydrogen-bond acceptors (Lipinski definition) is 2. The molecule has 0 spiro atoms. The molecule has 0 saturated heterocycles. The molecule has 102 valence electrons. The van der Waals surface area contributed by atoms with Gasteiger partial charge in [0.2, 0.25) is 0 Å². The lowest BCUT2D eigenvalue weighted by Gasteiger charge is -2.37. The summed E-state index contributed by atoms with van der Waals surface area (Å²) in [5.74, 6) is 1.55. The monoisotopic (exact) mass is 241 g/mol. The van der Waals surface area contributed by atoms with Gasteiger partial charge in [-0.2, -0.15) is 0 Å². The Morgan fingerprint density at radius 2 is 1.82 bits per heavy atom. The molecule has 3 atom stereocenters. The van der Waals surface area contributed by atoms with E-state index in [1.54, 1.807) is 0 Å². The van der Waals surface area contributed by atoms with E-state index in [0.29, 0.717) is 6.04 Å². The van der Waals surface area contributed by atoms with Crippen molar-refractivity contribution in [2.45, 2.75) is 78.0 Å². The molecule has 17 heavy (non-hydrogen) atoms. The minimum atomic E-state index is -0.257. The molecule has 1 aliphatic carbocycles. The number of nitrogens with zero attached hydrogens (tertiary/aromatic N) is 1. The van der Waals surface area contributed by atoms with Gasteiger partial charge in [0, 0.05) is 6.04 Å². The average Bonchev–Trinajstić information content (AvgIpc) is 2.51. The fraction of sp³-hybridized carbons (Fsp3) is 1.00. The molecule has 0 aromatic heterocycles. The lowest BCUT2D eigenvalue weighted by Crippen LogP contribution is -2.44. The maximum Gasteiger partial charge on any atom is 0.107 e. The zero-order chi connectivity index (χ0) is 12.8. The van der Waals surface area contributed by atoms with Crippen molar-refractivity contribution in [1.82, 2.24) is 4.90 Å². The second-order valence-corrected chi connectivity index (χ2v) is 6.15. The summed E-state index contributed by atoms with van der Waals surface area (Å²) in [6.45, 7) is 6.70. The van der Waals surface area contributed by atoms with E-state index in [4.69, 9.17) is 0 Å². The third-order valence-corrected chi connectivity index (χ3v) is 4.25. The Kier molecular flexibility index (Phi) is 6.50. The van der Waals surface area contributed by atoms with Crippen LogP contribution in [0.2, 0.25) is 0 Å². The van der Waals surface area contributed by atoms with Gasteiger partial charge in [-0.1, -0.05) is 40.0 Å². The number of rotatable bonds is 5. The van der Waals surface area contributed by atoms with Crippen molar-refractivity contribution in [2.75, 3.05) is 7.05 Å². The minimum Gasteiger partial charge on any atom is -0.378 e. The molecule has 0 aromatic carbocycles. The van der Waals surface area contributed by atoms with Gasteiger partial charge in [-0.3, -0.25) is 4.90 Å². The van der Waals surface area contributed by atoms with Gasteiger partial charge in [0.1, 0.15) is 6.23 Å². The fourth-order valence-corrected chi connectivity index (χ4v) is 3.29.